The average molecular weight is 168 g/mol. The van der Waals surface area contributed by atoms with Crippen LogP contribution in [0.5, 0.6) is 0 Å². The molecule has 3 rings (SSSR count). The first-order valence-corrected chi connectivity index (χ1v) is 4.55. The second kappa shape index (κ2) is 2.12. The summed E-state index contributed by atoms with van der Waals surface area (Å²) in [7, 11) is 0. The summed E-state index contributed by atoms with van der Waals surface area (Å²) in [5.74, 6) is 1.28. The Labute approximate surface area is 73.2 Å². The van der Waals surface area contributed by atoms with Crippen molar-refractivity contribution in [2.45, 2.75) is 32.8 Å². The Hall–Kier alpha value is -0.340. The maximum absolute atomic E-state index is 8.86. The molecule has 0 radical (unpaired) electrons. The number of fused-ring (bicyclic) bond motifs is 1. The van der Waals surface area contributed by atoms with Gasteiger partial charge in [0.25, 0.3) is 0 Å². The van der Waals surface area contributed by atoms with Crippen LogP contribution in [0.1, 0.15) is 27.2 Å². The Morgan fingerprint density at radius 2 is 2.17 bits per heavy atom. The second-order valence-corrected chi connectivity index (χ2v) is 4.73. The van der Waals surface area contributed by atoms with Gasteiger partial charge in [-0.3, -0.25) is 5.26 Å². The summed E-state index contributed by atoms with van der Waals surface area (Å²) >= 11 is 0. The number of allylic oxidation sites excluding steroid dienone is 1. The van der Waals surface area contributed by atoms with Crippen LogP contribution in [0.3, 0.4) is 0 Å². The van der Waals surface area contributed by atoms with E-state index in [4.69, 9.17) is 5.26 Å². The molecule has 2 bridgehead atoms. The van der Waals surface area contributed by atoms with E-state index in [1.54, 1.807) is 0 Å². The fourth-order valence-electron chi connectivity index (χ4n) is 2.78. The fraction of sp³-hybridized carbons (Fsp3) is 0.800. The van der Waals surface area contributed by atoms with Crippen molar-refractivity contribution in [1.82, 2.24) is 0 Å². The third kappa shape index (κ3) is 0.679. The lowest BCUT2D eigenvalue weighted by atomic mass is 9.46. The van der Waals surface area contributed by atoms with E-state index < -0.39 is 0 Å². The first kappa shape index (κ1) is 8.27. The second-order valence-electron chi connectivity index (χ2n) is 4.73. The molecule has 68 valence electrons. The first-order chi connectivity index (χ1) is 5.53. The zero-order valence-corrected chi connectivity index (χ0v) is 7.87. The van der Waals surface area contributed by atoms with Crippen LogP contribution >= 0.6 is 0 Å². The molecular weight excluding hydrogens is 152 g/mol. The van der Waals surface area contributed by atoms with E-state index in [9.17, 15) is 0 Å². The van der Waals surface area contributed by atoms with Crippen molar-refractivity contribution in [3.63, 3.8) is 0 Å². The molecule has 0 aliphatic heterocycles. The Morgan fingerprint density at radius 1 is 1.50 bits per heavy atom. The Morgan fingerprint density at radius 3 is 2.58 bits per heavy atom. The fourth-order valence-corrected chi connectivity index (χ4v) is 2.78. The normalized spacial score (nSPS) is 48.7. The largest absolute Gasteiger partial charge is 0.251 e. The van der Waals surface area contributed by atoms with Crippen LogP contribution in [0.15, 0.2) is 12.2 Å². The summed E-state index contributed by atoms with van der Waals surface area (Å²) < 4.78 is 0. The molecule has 3 atom stereocenters. The molecule has 1 N–H and O–H groups in total. The van der Waals surface area contributed by atoms with Crippen molar-refractivity contribution in [2.24, 2.45) is 17.3 Å². The molecule has 0 aromatic heterocycles. The molecule has 1 saturated carbocycles. The van der Waals surface area contributed by atoms with Crippen molar-refractivity contribution in [3.8, 4) is 0 Å². The van der Waals surface area contributed by atoms with Crippen LogP contribution < -0.4 is 0 Å². The lowest BCUT2D eigenvalue weighted by Crippen LogP contribution is -2.64. The van der Waals surface area contributed by atoms with Crippen molar-refractivity contribution in [3.05, 3.63) is 12.2 Å². The van der Waals surface area contributed by atoms with Crippen LogP contribution in [0.4, 0.5) is 0 Å². The third-order valence-corrected chi connectivity index (χ3v) is 4.01. The Kier molecular flexibility index (Phi) is 1.46. The molecular formula is C10H16O2. The molecule has 3 unspecified atom stereocenters. The van der Waals surface area contributed by atoms with E-state index >= 15 is 0 Å². The molecule has 0 spiro atoms. The van der Waals surface area contributed by atoms with Gasteiger partial charge in [0, 0.05) is 5.41 Å². The number of hydrogen-bond donors (Lipinski definition) is 1. The summed E-state index contributed by atoms with van der Waals surface area (Å²) in [4.78, 5) is 4.62. The van der Waals surface area contributed by atoms with Gasteiger partial charge in [-0.05, 0) is 18.3 Å². The molecule has 0 aromatic carbocycles. The quantitative estimate of drug-likeness (QED) is 0.370. The van der Waals surface area contributed by atoms with Crippen LogP contribution in [-0.2, 0) is 4.89 Å². The van der Waals surface area contributed by atoms with Crippen molar-refractivity contribution < 1.29 is 10.1 Å². The zero-order chi connectivity index (χ0) is 8.98. The summed E-state index contributed by atoms with van der Waals surface area (Å²) in [6.45, 7) is 6.55. The zero-order valence-electron chi connectivity index (χ0n) is 7.87. The predicted octanol–water partition coefficient (Wildman–Crippen LogP) is 2.47. The number of rotatable bonds is 1. The Balaban J connectivity index is 2.36. The molecule has 12 heavy (non-hydrogen) atoms. The molecule has 0 saturated heterocycles. The van der Waals surface area contributed by atoms with E-state index in [1.165, 1.54) is 0 Å². The Bertz CT molecular complexity index is 232. The minimum atomic E-state index is -0.385. The van der Waals surface area contributed by atoms with Gasteiger partial charge in [0.1, 0.15) is 5.60 Å². The van der Waals surface area contributed by atoms with Crippen molar-refractivity contribution in [1.29, 1.82) is 0 Å². The van der Waals surface area contributed by atoms with Gasteiger partial charge in [-0.25, -0.2) is 4.89 Å². The summed E-state index contributed by atoms with van der Waals surface area (Å²) in [6.07, 6.45) is 5.14. The highest BCUT2D eigenvalue weighted by Gasteiger charge is 2.63. The van der Waals surface area contributed by atoms with Crippen LogP contribution in [0.2, 0.25) is 0 Å². The van der Waals surface area contributed by atoms with Gasteiger partial charge < -0.3 is 0 Å². The summed E-state index contributed by atoms with van der Waals surface area (Å²) in [5.41, 5.74) is -0.292. The van der Waals surface area contributed by atoms with E-state index in [0.29, 0.717) is 11.8 Å². The average Bonchev–Trinajstić information content (AvgIpc) is 2.04. The smallest absolute Gasteiger partial charge is 0.127 e. The maximum Gasteiger partial charge on any atom is 0.127 e. The van der Waals surface area contributed by atoms with Crippen molar-refractivity contribution in [2.75, 3.05) is 0 Å². The molecule has 3 aliphatic carbocycles. The first-order valence-electron chi connectivity index (χ1n) is 4.55. The molecule has 2 nitrogen and oxygen atoms in total. The topological polar surface area (TPSA) is 29.5 Å². The van der Waals surface area contributed by atoms with E-state index in [0.717, 1.165) is 6.42 Å². The van der Waals surface area contributed by atoms with Gasteiger partial charge in [0.05, 0.1) is 0 Å². The maximum atomic E-state index is 8.86. The molecule has 0 heterocycles. The van der Waals surface area contributed by atoms with Gasteiger partial charge in [-0.15, -0.1) is 0 Å². The highest BCUT2D eigenvalue weighted by atomic mass is 17.1. The van der Waals surface area contributed by atoms with Gasteiger partial charge >= 0.3 is 0 Å². The van der Waals surface area contributed by atoms with Crippen molar-refractivity contribution >= 4 is 0 Å². The minimum absolute atomic E-state index is 0.0932. The van der Waals surface area contributed by atoms with Gasteiger partial charge in [0.15, 0.2) is 0 Å². The van der Waals surface area contributed by atoms with Gasteiger partial charge in [-0.1, -0.05) is 32.9 Å². The minimum Gasteiger partial charge on any atom is -0.251 e. The standard InChI is InChI=1S/C10H16O2/c1-7-4-5-10(12-11)6-8(7)9(10,2)3/h4-5,7-8,11H,6H2,1-3H3. The SMILES string of the molecule is CC1C=CC2(OO)CC1C2(C)C. The molecule has 0 amide bonds. The van der Waals surface area contributed by atoms with Crippen LogP contribution in [0.25, 0.3) is 0 Å². The lowest BCUT2D eigenvalue weighted by molar-refractivity contribution is -0.381. The monoisotopic (exact) mass is 168 g/mol. The van der Waals surface area contributed by atoms with Gasteiger partial charge in [0.2, 0.25) is 0 Å². The predicted molar refractivity (Wildman–Crippen MR) is 46.6 cm³/mol. The highest BCUT2D eigenvalue weighted by molar-refractivity contribution is 5.26. The summed E-state index contributed by atoms with van der Waals surface area (Å²) in [6, 6.07) is 0. The van der Waals surface area contributed by atoms with Crippen LogP contribution in [0, 0.1) is 17.3 Å². The van der Waals surface area contributed by atoms with E-state index in [1.807, 2.05) is 6.08 Å². The highest BCUT2D eigenvalue weighted by Crippen LogP contribution is 2.62. The molecule has 2 heteroatoms. The molecule has 3 aliphatic rings. The lowest BCUT2D eigenvalue weighted by Gasteiger charge is -2.62. The molecule has 0 aromatic rings. The third-order valence-electron chi connectivity index (χ3n) is 4.01. The van der Waals surface area contributed by atoms with E-state index in [2.05, 4.69) is 31.7 Å². The number of hydrogen-bond acceptors (Lipinski definition) is 2. The molecule has 1 fully saturated rings. The van der Waals surface area contributed by atoms with Crippen LogP contribution in [-0.4, -0.2) is 10.9 Å². The van der Waals surface area contributed by atoms with E-state index in [-0.39, 0.29) is 11.0 Å². The summed E-state index contributed by atoms with van der Waals surface area (Å²) in [5, 5.41) is 8.86. The van der Waals surface area contributed by atoms with Gasteiger partial charge in [-0.2, -0.15) is 0 Å².